The van der Waals surface area contributed by atoms with Crippen molar-refractivity contribution in [3.05, 3.63) is 59.8 Å². The van der Waals surface area contributed by atoms with Crippen LogP contribution >= 0.6 is 0 Å². The number of rotatable bonds is 6. The van der Waals surface area contributed by atoms with Crippen molar-refractivity contribution >= 4 is 33.6 Å². The van der Waals surface area contributed by atoms with Gasteiger partial charge in [0.05, 0.1) is 43.4 Å². The molecule has 34 heavy (non-hydrogen) atoms. The smallest absolute Gasteiger partial charge is 0.243 e. The van der Waals surface area contributed by atoms with E-state index in [9.17, 15) is 18.0 Å². The summed E-state index contributed by atoms with van der Waals surface area (Å²) in [5.41, 5.74) is 2.05. The number of hydrogen-bond donors (Lipinski definition) is 1. The second-order valence-electron chi connectivity index (χ2n) is 8.02. The van der Waals surface area contributed by atoms with Crippen molar-refractivity contribution in [1.82, 2.24) is 9.21 Å². The Hall–Kier alpha value is -3.21. The molecule has 0 unspecified atom stereocenters. The first-order chi connectivity index (χ1) is 16.3. The van der Waals surface area contributed by atoms with Crippen LogP contribution in [0.1, 0.15) is 30.5 Å². The highest BCUT2D eigenvalue weighted by molar-refractivity contribution is 7.89. The fourth-order valence-electron chi connectivity index (χ4n) is 4.17. The molecule has 0 aliphatic carbocycles. The molecule has 2 aromatic carbocycles. The lowest BCUT2D eigenvalue weighted by Crippen LogP contribution is -2.40. The highest BCUT2D eigenvalue weighted by Crippen LogP contribution is 2.34. The number of ether oxygens (including phenoxy) is 2. The molecule has 0 spiro atoms. The number of carbonyl (C=O) groups excluding carboxylic acids is 2. The molecule has 0 saturated carbocycles. The zero-order chi connectivity index (χ0) is 24.3. The van der Waals surface area contributed by atoms with Crippen molar-refractivity contribution in [2.45, 2.75) is 24.3 Å². The van der Waals surface area contributed by atoms with Gasteiger partial charge in [-0.2, -0.15) is 4.31 Å². The number of methoxy groups -OCH3 is 1. The van der Waals surface area contributed by atoms with Crippen LogP contribution in [0.25, 0.3) is 6.08 Å². The van der Waals surface area contributed by atoms with E-state index >= 15 is 0 Å². The van der Waals surface area contributed by atoms with E-state index < -0.39 is 16.1 Å². The summed E-state index contributed by atoms with van der Waals surface area (Å²) in [5, 5.41) is 2.78. The number of hydrogen-bond acceptors (Lipinski definition) is 6. The van der Waals surface area contributed by atoms with Gasteiger partial charge in [-0.1, -0.05) is 24.3 Å². The van der Waals surface area contributed by atoms with E-state index in [4.69, 9.17) is 9.47 Å². The first-order valence-electron chi connectivity index (χ1n) is 10.9. The van der Waals surface area contributed by atoms with Crippen LogP contribution in [-0.4, -0.2) is 62.9 Å². The van der Waals surface area contributed by atoms with Gasteiger partial charge in [-0.05, 0) is 35.4 Å². The molecule has 0 aromatic heterocycles. The number of anilines is 1. The maximum atomic E-state index is 13.1. The quantitative estimate of drug-likeness (QED) is 0.674. The molecule has 1 atom stereocenters. The van der Waals surface area contributed by atoms with Gasteiger partial charge in [0.15, 0.2) is 0 Å². The van der Waals surface area contributed by atoms with Crippen molar-refractivity contribution in [3.8, 4) is 5.75 Å². The molecule has 1 saturated heterocycles. The van der Waals surface area contributed by atoms with Crippen LogP contribution in [0.15, 0.2) is 53.6 Å². The third kappa shape index (κ3) is 4.84. The third-order valence-electron chi connectivity index (χ3n) is 5.90. The third-order valence-corrected chi connectivity index (χ3v) is 7.80. The molecule has 0 bridgehead atoms. The van der Waals surface area contributed by atoms with Gasteiger partial charge in [0, 0.05) is 26.2 Å². The molecule has 4 rings (SSSR count). The summed E-state index contributed by atoms with van der Waals surface area (Å²) in [6.07, 6.45) is 3.51. The fraction of sp³-hybridized carbons (Fsp3) is 0.333. The Morgan fingerprint density at radius 2 is 1.88 bits per heavy atom. The van der Waals surface area contributed by atoms with Gasteiger partial charge in [0.2, 0.25) is 21.8 Å². The van der Waals surface area contributed by atoms with Crippen molar-refractivity contribution in [2.24, 2.45) is 0 Å². The Labute approximate surface area is 199 Å². The number of nitrogens with zero attached hydrogens (tertiary/aromatic N) is 2. The Balaban J connectivity index is 1.58. The van der Waals surface area contributed by atoms with Crippen LogP contribution in [-0.2, 0) is 24.3 Å². The number of fused-ring (bicyclic) bond motifs is 1. The average molecular weight is 486 g/mol. The minimum Gasteiger partial charge on any atom is -0.495 e. The highest BCUT2D eigenvalue weighted by atomic mass is 32.2. The van der Waals surface area contributed by atoms with Gasteiger partial charge in [0.25, 0.3) is 0 Å². The normalized spacial score (nSPS) is 18.3. The van der Waals surface area contributed by atoms with Crippen LogP contribution < -0.4 is 10.1 Å². The summed E-state index contributed by atoms with van der Waals surface area (Å²) in [6.45, 7) is 2.66. The van der Waals surface area contributed by atoms with E-state index in [2.05, 4.69) is 5.32 Å². The zero-order valence-corrected chi connectivity index (χ0v) is 19.9. The van der Waals surface area contributed by atoms with Gasteiger partial charge >= 0.3 is 0 Å². The largest absolute Gasteiger partial charge is 0.495 e. The molecule has 9 nitrogen and oxygen atoms in total. The first kappa shape index (κ1) is 23.9. The van der Waals surface area contributed by atoms with Crippen molar-refractivity contribution in [3.63, 3.8) is 0 Å². The van der Waals surface area contributed by atoms with Gasteiger partial charge in [-0.25, -0.2) is 8.42 Å². The summed E-state index contributed by atoms with van der Waals surface area (Å²) < 4.78 is 38.1. The number of morpholine rings is 1. The predicted molar refractivity (Wildman–Crippen MR) is 127 cm³/mol. The maximum absolute atomic E-state index is 13.1. The van der Waals surface area contributed by atoms with Gasteiger partial charge < -0.3 is 19.7 Å². The van der Waals surface area contributed by atoms with Crippen LogP contribution in [0, 0.1) is 0 Å². The summed E-state index contributed by atoms with van der Waals surface area (Å²) in [7, 11) is -2.30. The monoisotopic (exact) mass is 485 g/mol. The highest BCUT2D eigenvalue weighted by Gasteiger charge is 2.30. The van der Waals surface area contributed by atoms with E-state index in [1.165, 1.54) is 41.4 Å². The van der Waals surface area contributed by atoms with Crippen LogP contribution in [0.2, 0.25) is 0 Å². The molecule has 1 N–H and O–H groups in total. The Kier molecular flexibility index (Phi) is 7.01. The molecule has 2 aliphatic heterocycles. The number of sulfonamides is 1. The fourth-order valence-corrected chi connectivity index (χ4v) is 5.61. The molecule has 0 radical (unpaired) electrons. The molecule has 2 aromatic rings. The van der Waals surface area contributed by atoms with E-state index in [1.807, 2.05) is 30.3 Å². The van der Waals surface area contributed by atoms with E-state index in [-0.39, 0.29) is 41.9 Å². The van der Waals surface area contributed by atoms with Crippen LogP contribution in [0.4, 0.5) is 5.69 Å². The van der Waals surface area contributed by atoms with Gasteiger partial charge in [-0.3, -0.25) is 9.59 Å². The molecule has 2 amide bonds. The molecule has 2 aliphatic rings. The summed E-state index contributed by atoms with van der Waals surface area (Å²) in [5.74, 6) is -0.220. The summed E-state index contributed by atoms with van der Waals surface area (Å²) in [4.78, 5) is 26.9. The SMILES string of the molecule is COc1ccc(S(=O)(=O)N2CCOCC2)cc1NC(=O)C[C@H]1c2ccccc2C=CN1C(C)=O. The maximum Gasteiger partial charge on any atom is 0.243 e. The standard InChI is InChI=1S/C24H27N3O6S/c1-17(28)27-10-9-18-5-3-4-6-20(18)22(27)16-24(29)25-21-15-19(7-8-23(21)32-2)34(30,31)26-11-13-33-14-12-26/h3-10,15,22H,11-14,16H2,1-2H3,(H,25,29)/t22-/m0/s1. The number of benzene rings is 2. The minimum atomic E-state index is -3.75. The molecular formula is C24H27N3O6S. The lowest BCUT2D eigenvalue weighted by atomic mass is 9.93. The molecule has 2 heterocycles. The van der Waals surface area contributed by atoms with Gasteiger partial charge in [0.1, 0.15) is 5.75 Å². The zero-order valence-electron chi connectivity index (χ0n) is 19.1. The average Bonchev–Trinajstić information content (AvgIpc) is 2.84. The molecule has 180 valence electrons. The number of nitrogens with one attached hydrogen (secondary N) is 1. The Bertz CT molecular complexity index is 1220. The van der Waals surface area contributed by atoms with Crippen molar-refractivity contribution < 1.29 is 27.5 Å². The van der Waals surface area contributed by atoms with E-state index in [0.717, 1.165) is 11.1 Å². The molecular weight excluding hydrogens is 458 g/mol. The number of amides is 2. The predicted octanol–water partition coefficient (Wildman–Crippen LogP) is 2.62. The lowest BCUT2D eigenvalue weighted by molar-refractivity contribution is -0.129. The van der Waals surface area contributed by atoms with Gasteiger partial charge in [-0.15, -0.1) is 0 Å². The Morgan fingerprint density at radius 3 is 2.59 bits per heavy atom. The second kappa shape index (κ2) is 9.96. The second-order valence-corrected chi connectivity index (χ2v) is 9.96. The van der Waals surface area contributed by atoms with Crippen LogP contribution in [0.3, 0.4) is 0 Å². The summed E-state index contributed by atoms with van der Waals surface area (Å²) in [6, 6.07) is 11.5. The summed E-state index contributed by atoms with van der Waals surface area (Å²) >= 11 is 0. The van der Waals surface area contributed by atoms with Crippen molar-refractivity contribution in [2.75, 3.05) is 38.7 Å². The van der Waals surface area contributed by atoms with Crippen molar-refractivity contribution in [1.29, 1.82) is 0 Å². The number of carbonyl (C=O) groups is 2. The van der Waals surface area contributed by atoms with E-state index in [0.29, 0.717) is 19.0 Å². The van der Waals surface area contributed by atoms with Crippen LogP contribution in [0.5, 0.6) is 5.75 Å². The Morgan fingerprint density at radius 1 is 1.15 bits per heavy atom. The first-order valence-corrected chi connectivity index (χ1v) is 12.4. The topological polar surface area (TPSA) is 105 Å². The van der Waals surface area contributed by atoms with E-state index in [1.54, 1.807) is 6.20 Å². The minimum absolute atomic E-state index is 0.00940. The lowest BCUT2D eigenvalue weighted by Gasteiger charge is -2.32. The molecule has 10 heteroatoms. The molecule has 1 fully saturated rings.